The molecule has 0 aliphatic carbocycles. The lowest BCUT2D eigenvalue weighted by Crippen LogP contribution is -2.46. The number of ether oxygens (including phenoxy) is 5. The van der Waals surface area contributed by atoms with E-state index in [0.717, 1.165) is 22.4 Å². The Morgan fingerprint density at radius 2 is 1.56 bits per heavy atom. The van der Waals surface area contributed by atoms with E-state index in [1.165, 1.54) is 0 Å². The lowest BCUT2D eigenvalue weighted by molar-refractivity contribution is -0.176. The molecular weight excluding hydrogens is 428 g/mol. The lowest BCUT2D eigenvalue weighted by Gasteiger charge is -2.31. The molecule has 0 saturated carbocycles. The summed E-state index contributed by atoms with van der Waals surface area (Å²) in [5.41, 5.74) is 2.49. The third-order valence-corrected chi connectivity index (χ3v) is 6.31. The molecule has 4 atom stereocenters. The van der Waals surface area contributed by atoms with Gasteiger partial charge in [0.15, 0.2) is 0 Å². The molecule has 3 aromatic rings. The van der Waals surface area contributed by atoms with E-state index in [4.69, 9.17) is 23.7 Å². The van der Waals surface area contributed by atoms with Gasteiger partial charge in [-0.2, -0.15) is 0 Å². The highest BCUT2D eigenvalue weighted by atomic mass is 16.7. The van der Waals surface area contributed by atoms with Crippen LogP contribution in [0.1, 0.15) is 22.8 Å². The van der Waals surface area contributed by atoms with Gasteiger partial charge in [-0.25, -0.2) is 0 Å². The molecule has 0 N–H and O–H groups in total. The second-order valence-electron chi connectivity index (χ2n) is 8.71. The molecule has 5 heteroatoms. The maximum absolute atomic E-state index is 6.71. The van der Waals surface area contributed by atoms with Crippen LogP contribution in [-0.2, 0) is 32.2 Å². The highest BCUT2D eigenvalue weighted by Crippen LogP contribution is 2.50. The van der Waals surface area contributed by atoms with Gasteiger partial charge in [0.25, 0.3) is 0 Å². The average molecular weight is 459 g/mol. The van der Waals surface area contributed by atoms with Crippen molar-refractivity contribution in [3.8, 4) is 5.75 Å². The molecule has 176 valence electrons. The van der Waals surface area contributed by atoms with Crippen LogP contribution >= 0.6 is 0 Å². The van der Waals surface area contributed by atoms with Crippen LogP contribution in [0.4, 0.5) is 0 Å². The van der Waals surface area contributed by atoms with Gasteiger partial charge in [-0.3, -0.25) is 0 Å². The number of rotatable bonds is 11. The van der Waals surface area contributed by atoms with Crippen molar-refractivity contribution >= 4 is 0 Å². The average Bonchev–Trinajstić information content (AvgIpc) is 3.39. The van der Waals surface area contributed by atoms with E-state index in [9.17, 15) is 0 Å². The van der Waals surface area contributed by atoms with E-state index in [1.54, 1.807) is 6.08 Å². The summed E-state index contributed by atoms with van der Waals surface area (Å²) in [5.74, 6) is 0.769. The molecule has 0 radical (unpaired) electrons. The zero-order valence-electron chi connectivity index (χ0n) is 19.2. The fraction of sp³-hybridized carbons (Fsp3) is 0.310. The fourth-order valence-corrected chi connectivity index (χ4v) is 4.69. The second kappa shape index (κ2) is 10.5. The summed E-state index contributed by atoms with van der Waals surface area (Å²) in [6, 6.07) is 28.2. The maximum Gasteiger partial charge on any atom is 0.144 e. The van der Waals surface area contributed by atoms with Crippen LogP contribution in [0.3, 0.4) is 0 Å². The topological polar surface area (TPSA) is 46.2 Å². The summed E-state index contributed by atoms with van der Waals surface area (Å²) >= 11 is 0. The molecule has 2 aliphatic rings. The van der Waals surface area contributed by atoms with Crippen LogP contribution in [0, 0.1) is 0 Å². The molecule has 3 aromatic carbocycles. The predicted octanol–water partition coefficient (Wildman–Crippen LogP) is 5.26. The van der Waals surface area contributed by atoms with E-state index >= 15 is 0 Å². The van der Waals surface area contributed by atoms with Gasteiger partial charge in [-0.15, -0.1) is 0 Å². The van der Waals surface area contributed by atoms with E-state index in [0.29, 0.717) is 33.0 Å². The number of benzene rings is 3. The van der Waals surface area contributed by atoms with Crippen molar-refractivity contribution in [1.82, 2.24) is 0 Å². The molecule has 2 fully saturated rings. The maximum atomic E-state index is 6.71. The molecule has 0 spiro atoms. The molecule has 0 amide bonds. The van der Waals surface area contributed by atoms with Gasteiger partial charge >= 0.3 is 0 Å². The summed E-state index contributed by atoms with van der Waals surface area (Å²) in [7, 11) is 0. The fourth-order valence-electron chi connectivity index (χ4n) is 4.69. The van der Waals surface area contributed by atoms with Crippen molar-refractivity contribution in [3.05, 3.63) is 114 Å². The highest BCUT2D eigenvalue weighted by Gasteiger charge is 2.63. The summed E-state index contributed by atoms with van der Waals surface area (Å²) in [6.45, 7) is 5.98. The van der Waals surface area contributed by atoms with Crippen molar-refractivity contribution in [3.63, 3.8) is 0 Å². The van der Waals surface area contributed by atoms with Crippen molar-refractivity contribution < 1.29 is 23.7 Å². The zero-order valence-corrected chi connectivity index (χ0v) is 19.2. The monoisotopic (exact) mass is 458 g/mol. The van der Waals surface area contributed by atoms with Crippen molar-refractivity contribution in [1.29, 1.82) is 0 Å². The summed E-state index contributed by atoms with van der Waals surface area (Å²) < 4.78 is 31.5. The Bertz CT molecular complexity index is 1070. The number of hydrogen-bond donors (Lipinski definition) is 0. The SMILES string of the molecule is C=CCOc1ccccc1[C@@H]1O[C@@]2(COCc3ccccc3)CO[C@H]1C2OCc1ccccc1. The van der Waals surface area contributed by atoms with Crippen LogP contribution in [0.25, 0.3) is 0 Å². The van der Waals surface area contributed by atoms with Gasteiger partial charge in [0.05, 0.1) is 26.4 Å². The molecule has 2 saturated heterocycles. The Balaban J connectivity index is 1.37. The number of para-hydroxylation sites is 1. The third-order valence-electron chi connectivity index (χ3n) is 6.31. The number of hydrogen-bond acceptors (Lipinski definition) is 5. The van der Waals surface area contributed by atoms with Crippen LogP contribution < -0.4 is 4.74 Å². The molecule has 34 heavy (non-hydrogen) atoms. The van der Waals surface area contributed by atoms with E-state index in [1.807, 2.05) is 60.7 Å². The van der Waals surface area contributed by atoms with E-state index in [2.05, 4.69) is 30.8 Å². The minimum absolute atomic E-state index is 0.252. The van der Waals surface area contributed by atoms with E-state index in [-0.39, 0.29) is 18.3 Å². The molecule has 2 bridgehead atoms. The van der Waals surface area contributed by atoms with Crippen LogP contribution in [-0.4, -0.2) is 37.6 Å². The molecule has 5 nitrogen and oxygen atoms in total. The zero-order chi connectivity index (χ0) is 23.2. The van der Waals surface area contributed by atoms with Crippen molar-refractivity contribution in [2.45, 2.75) is 37.1 Å². The van der Waals surface area contributed by atoms with Crippen LogP contribution in [0.2, 0.25) is 0 Å². The quantitative estimate of drug-likeness (QED) is 0.367. The Morgan fingerprint density at radius 3 is 2.29 bits per heavy atom. The van der Waals surface area contributed by atoms with Crippen molar-refractivity contribution in [2.24, 2.45) is 0 Å². The minimum Gasteiger partial charge on any atom is -0.489 e. The van der Waals surface area contributed by atoms with Gasteiger partial charge in [-0.1, -0.05) is 91.5 Å². The first-order valence-electron chi connectivity index (χ1n) is 11.7. The number of fused-ring (bicyclic) bond motifs is 2. The van der Waals surface area contributed by atoms with Gasteiger partial charge < -0.3 is 23.7 Å². The lowest BCUT2D eigenvalue weighted by atomic mass is 9.96. The Labute approximate surface area is 200 Å². The van der Waals surface area contributed by atoms with Gasteiger partial charge in [0, 0.05) is 5.56 Å². The Hall–Kier alpha value is -2.96. The normalized spacial score (nSPS) is 25.4. The second-order valence-corrected chi connectivity index (χ2v) is 8.71. The molecule has 0 aromatic heterocycles. The van der Waals surface area contributed by atoms with E-state index < -0.39 is 5.60 Å². The van der Waals surface area contributed by atoms with Gasteiger partial charge in [-0.05, 0) is 17.2 Å². The molecule has 1 unspecified atom stereocenters. The third kappa shape index (κ3) is 4.79. The molecule has 2 heterocycles. The first-order valence-corrected chi connectivity index (χ1v) is 11.7. The Morgan fingerprint density at radius 1 is 0.882 bits per heavy atom. The summed E-state index contributed by atoms with van der Waals surface area (Å²) in [5, 5.41) is 0. The summed E-state index contributed by atoms with van der Waals surface area (Å²) in [4.78, 5) is 0. The Kier molecular flexibility index (Phi) is 7.07. The molecule has 2 aliphatic heterocycles. The van der Waals surface area contributed by atoms with Gasteiger partial charge in [0.2, 0.25) is 0 Å². The standard InChI is InChI=1S/C29H30O5/c1-2-17-31-25-16-10-9-15-24(25)26-27-28(32-19-23-13-7-4-8-14-23)29(34-26,21-33-27)20-30-18-22-11-5-3-6-12-22/h2-16,26-28H,1,17-21H2/t26-,27+,28?,29-/m0/s1. The van der Waals surface area contributed by atoms with Crippen LogP contribution in [0.15, 0.2) is 97.6 Å². The molecular formula is C29H30O5. The first kappa shape index (κ1) is 22.8. The largest absolute Gasteiger partial charge is 0.489 e. The molecule has 5 rings (SSSR count). The van der Waals surface area contributed by atoms with Gasteiger partial charge in [0.1, 0.15) is 36.3 Å². The smallest absolute Gasteiger partial charge is 0.144 e. The predicted molar refractivity (Wildman–Crippen MR) is 130 cm³/mol. The van der Waals surface area contributed by atoms with Crippen LogP contribution in [0.5, 0.6) is 5.75 Å². The minimum atomic E-state index is -0.690. The van der Waals surface area contributed by atoms with Crippen molar-refractivity contribution in [2.75, 3.05) is 19.8 Å². The highest BCUT2D eigenvalue weighted by molar-refractivity contribution is 5.38. The first-order chi connectivity index (χ1) is 16.8. The summed E-state index contributed by atoms with van der Waals surface area (Å²) in [6.07, 6.45) is 0.911.